The summed E-state index contributed by atoms with van der Waals surface area (Å²) in [6.45, 7) is 25.9. The fraction of sp³-hybridized carbons (Fsp3) is 0.918. The molecule has 4 heterocycles. The van der Waals surface area contributed by atoms with E-state index in [1.54, 1.807) is 7.11 Å². The maximum atomic E-state index is 10.8. The molecule has 0 bridgehead atoms. The fourth-order valence-corrected chi connectivity index (χ4v) is 11.8. The average molecular weight is 986 g/mol. The molecule has 4 rings (SSSR count). The third-order valence-electron chi connectivity index (χ3n) is 16.3. The van der Waals surface area contributed by atoms with Crippen LogP contribution in [0.25, 0.3) is 0 Å². The van der Waals surface area contributed by atoms with Crippen LogP contribution >= 0.6 is 0 Å². The van der Waals surface area contributed by atoms with E-state index in [0.29, 0.717) is 24.0 Å². The van der Waals surface area contributed by atoms with Gasteiger partial charge in [0.25, 0.3) is 0 Å². The van der Waals surface area contributed by atoms with Gasteiger partial charge in [0.2, 0.25) is 0 Å². The zero-order valence-electron chi connectivity index (χ0n) is 47.4. The minimum atomic E-state index is -1.82. The molecule has 0 aromatic heterocycles. The lowest BCUT2D eigenvalue weighted by Gasteiger charge is -2.39. The summed E-state index contributed by atoms with van der Waals surface area (Å²) in [4.78, 5) is 10.8. The average Bonchev–Trinajstić information content (AvgIpc) is 4.18. The number of unbranched alkanes of at least 4 members (excludes halogenated alkanes) is 14. The topological polar surface area (TPSA) is 72.5 Å². The van der Waals surface area contributed by atoms with Crippen LogP contribution in [0.3, 0.4) is 0 Å². The number of hydrogen-bond acceptors (Lipinski definition) is 7. The van der Waals surface area contributed by atoms with Crippen LogP contribution in [0.4, 0.5) is 0 Å². The maximum absolute atomic E-state index is 10.8. The molecule has 0 saturated carbocycles. The van der Waals surface area contributed by atoms with Gasteiger partial charge in [0.15, 0.2) is 8.32 Å². The van der Waals surface area contributed by atoms with E-state index in [9.17, 15) is 4.79 Å². The number of carbonyl (C=O) groups is 1. The summed E-state index contributed by atoms with van der Waals surface area (Å²) in [5.41, 5.74) is 0. The molecular weight excluding hydrogens is 873 g/mol. The Morgan fingerprint density at radius 1 is 0.594 bits per heavy atom. The summed E-state index contributed by atoms with van der Waals surface area (Å²) >= 11 is 0. The Morgan fingerprint density at radius 2 is 1.00 bits per heavy atom. The monoisotopic (exact) mass is 985 g/mol. The molecular formula is C61H112O7Si. The molecule has 402 valence electrons. The van der Waals surface area contributed by atoms with Crippen molar-refractivity contribution >= 4 is 14.6 Å². The molecule has 0 N–H and O–H groups in total. The van der Waals surface area contributed by atoms with Gasteiger partial charge in [-0.15, -0.1) is 18.3 Å². The predicted molar refractivity (Wildman–Crippen MR) is 294 cm³/mol. The Kier molecular flexibility index (Phi) is 34.7. The highest BCUT2D eigenvalue weighted by Gasteiger charge is 2.41. The van der Waals surface area contributed by atoms with Crippen LogP contribution in [0, 0.1) is 41.9 Å². The van der Waals surface area contributed by atoms with Gasteiger partial charge >= 0.3 is 0 Å². The van der Waals surface area contributed by atoms with Crippen molar-refractivity contribution in [2.24, 2.45) is 17.8 Å². The molecule has 4 saturated heterocycles. The second-order valence-corrected chi connectivity index (χ2v) is 28.0. The summed E-state index contributed by atoms with van der Waals surface area (Å²) < 4.78 is 36.4. The SMILES string of the molecule is C#CCCC(CCC#CC(C)[C@H]1CC[C@H]([C@H]2CC[C@H]([C@H](C)CCCCCCCCCC)O2)O1)O[Si](C)(C)C(C)(C)C.CCCCCCCCCC[C@@H](C)[C@H]1CC[C@H]([C@H]2CC[C@H](C=O)O2)O1.CCOC. The van der Waals surface area contributed by atoms with Crippen molar-refractivity contribution in [1.29, 1.82) is 0 Å². The van der Waals surface area contributed by atoms with Crippen molar-refractivity contribution < 1.29 is 32.9 Å². The second kappa shape index (κ2) is 37.5. The van der Waals surface area contributed by atoms with Crippen LogP contribution in [-0.4, -0.2) is 83.3 Å². The van der Waals surface area contributed by atoms with E-state index in [2.05, 4.69) is 91.0 Å². The number of terminal acetylenes is 1. The molecule has 0 aromatic rings. The zero-order chi connectivity index (χ0) is 50.9. The van der Waals surface area contributed by atoms with E-state index in [1.807, 2.05) is 6.92 Å². The van der Waals surface area contributed by atoms with Crippen molar-refractivity contribution in [3.8, 4) is 24.2 Å². The van der Waals surface area contributed by atoms with Gasteiger partial charge in [0.05, 0.1) is 42.7 Å². The van der Waals surface area contributed by atoms with Crippen LogP contribution in [-0.2, 0) is 32.9 Å². The largest absolute Gasteiger partial charge is 0.414 e. The zero-order valence-corrected chi connectivity index (χ0v) is 48.4. The molecule has 4 aliphatic heterocycles. The first-order chi connectivity index (χ1) is 33.1. The number of carbonyl (C=O) groups excluding carboxylic acids is 1. The summed E-state index contributed by atoms with van der Waals surface area (Å²) in [5.74, 6) is 11.3. The number of aldehydes is 1. The van der Waals surface area contributed by atoms with Crippen molar-refractivity contribution in [1.82, 2.24) is 0 Å². The van der Waals surface area contributed by atoms with E-state index >= 15 is 0 Å². The maximum Gasteiger partial charge on any atom is 0.192 e. The molecule has 0 radical (unpaired) electrons. The third-order valence-corrected chi connectivity index (χ3v) is 20.8. The quantitative estimate of drug-likeness (QED) is 0.0297. The molecule has 12 atom stereocenters. The molecule has 4 fully saturated rings. The van der Waals surface area contributed by atoms with Crippen molar-refractivity contribution in [2.45, 2.75) is 328 Å². The molecule has 69 heavy (non-hydrogen) atoms. The van der Waals surface area contributed by atoms with Gasteiger partial charge in [0, 0.05) is 38.6 Å². The first kappa shape index (κ1) is 63.9. The highest BCUT2D eigenvalue weighted by atomic mass is 28.4. The highest BCUT2D eigenvalue weighted by molar-refractivity contribution is 6.74. The van der Waals surface area contributed by atoms with E-state index < -0.39 is 8.32 Å². The third kappa shape index (κ3) is 26.5. The van der Waals surface area contributed by atoms with E-state index in [0.717, 1.165) is 83.5 Å². The standard InChI is InChI=1S/C37H66O3Si.C21H38O3.C3H8O/c1-10-12-14-15-16-17-18-19-22-30(3)33-26-28-35(38-33)36-29-27-34(39-36)31(4)23-20-21-25-32(24-13-11-2)40-41(8,9)37(5,6)7;1-3-4-5-6-7-8-9-10-11-17(2)19-14-15-21(24-19)20-13-12-18(16-22)23-20;1-3-4-2/h2,30-36H,10,12-19,21-22,24-29H2,1,3-9H3;16-21H,3-15H2,1-2H3;3H2,1-2H3/t30-,31?,32?,33-,34-,35-,36-;17-,18-,19-,20-,21-;/m11./s1. The van der Waals surface area contributed by atoms with Crippen LogP contribution in [0.1, 0.15) is 255 Å². The lowest BCUT2D eigenvalue weighted by Crippen LogP contribution is -2.43. The Labute approximate surface area is 429 Å². The van der Waals surface area contributed by atoms with Crippen LogP contribution in [0.2, 0.25) is 18.1 Å². The number of rotatable bonds is 31. The molecule has 0 spiro atoms. The smallest absolute Gasteiger partial charge is 0.192 e. The predicted octanol–water partition coefficient (Wildman–Crippen LogP) is 16.6. The lowest BCUT2D eigenvalue weighted by atomic mass is 9.94. The fourth-order valence-electron chi connectivity index (χ4n) is 10.4. The molecule has 0 amide bonds. The van der Waals surface area contributed by atoms with Gasteiger partial charge < -0.3 is 32.9 Å². The molecule has 4 aliphatic rings. The van der Waals surface area contributed by atoms with Gasteiger partial charge in [0.1, 0.15) is 12.4 Å². The summed E-state index contributed by atoms with van der Waals surface area (Å²) in [6, 6.07) is 0. The van der Waals surface area contributed by atoms with Crippen molar-refractivity contribution in [3.63, 3.8) is 0 Å². The second-order valence-electron chi connectivity index (χ2n) is 23.2. The Morgan fingerprint density at radius 3 is 1.42 bits per heavy atom. The molecule has 0 aromatic carbocycles. The number of methoxy groups -OCH3 is 1. The number of hydrogen-bond donors (Lipinski definition) is 0. The highest BCUT2D eigenvalue weighted by Crippen LogP contribution is 2.39. The van der Waals surface area contributed by atoms with E-state index in [-0.39, 0.29) is 53.7 Å². The van der Waals surface area contributed by atoms with Gasteiger partial charge in [-0.3, -0.25) is 0 Å². The number of ether oxygens (including phenoxy) is 5. The molecule has 8 heteroatoms. The first-order valence-corrected chi connectivity index (χ1v) is 32.2. The Balaban J connectivity index is 0.000000490. The molecule has 2 unspecified atom stereocenters. The van der Waals surface area contributed by atoms with Gasteiger partial charge in [-0.1, -0.05) is 157 Å². The summed E-state index contributed by atoms with van der Waals surface area (Å²) in [5, 5.41) is 0.201. The minimum absolute atomic E-state index is 0.153. The lowest BCUT2D eigenvalue weighted by molar-refractivity contribution is -0.122. The van der Waals surface area contributed by atoms with E-state index in [4.69, 9.17) is 29.8 Å². The van der Waals surface area contributed by atoms with Crippen LogP contribution in [0.5, 0.6) is 0 Å². The molecule has 7 nitrogen and oxygen atoms in total. The van der Waals surface area contributed by atoms with Gasteiger partial charge in [-0.25, -0.2) is 0 Å². The van der Waals surface area contributed by atoms with Gasteiger partial charge in [-0.05, 0) is 121 Å². The molecule has 0 aliphatic carbocycles. The van der Waals surface area contributed by atoms with Crippen LogP contribution < -0.4 is 0 Å². The van der Waals surface area contributed by atoms with Gasteiger partial charge in [-0.2, -0.15) is 0 Å². The van der Waals surface area contributed by atoms with E-state index in [1.165, 1.54) is 122 Å². The van der Waals surface area contributed by atoms with Crippen LogP contribution in [0.15, 0.2) is 0 Å². The summed E-state index contributed by atoms with van der Waals surface area (Å²) in [6.07, 6.45) is 45.4. The Bertz CT molecular complexity index is 1380. The van der Waals surface area contributed by atoms with Crippen molar-refractivity contribution in [2.75, 3.05) is 13.7 Å². The summed E-state index contributed by atoms with van der Waals surface area (Å²) in [7, 11) is -0.138. The van der Waals surface area contributed by atoms with Crippen molar-refractivity contribution in [3.05, 3.63) is 0 Å². The normalized spacial score (nSPS) is 26.4. The Hall–Kier alpha value is -1.23. The minimum Gasteiger partial charge on any atom is -0.414 e. The first-order valence-electron chi connectivity index (χ1n) is 29.3.